The predicted octanol–water partition coefficient (Wildman–Crippen LogP) is 1.48. The molecule has 1 rings (SSSR count). The van der Waals surface area contributed by atoms with Crippen LogP contribution in [0.5, 0.6) is 0 Å². The first kappa shape index (κ1) is 11.4. The summed E-state index contributed by atoms with van der Waals surface area (Å²) in [6.07, 6.45) is 7.86. The fourth-order valence-corrected chi connectivity index (χ4v) is 1.04. The quantitative estimate of drug-likeness (QED) is 0.598. The maximum Gasteiger partial charge on any atom is 0.271 e. The van der Waals surface area contributed by atoms with Gasteiger partial charge in [0.1, 0.15) is 5.69 Å². The van der Waals surface area contributed by atoms with E-state index in [0.717, 1.165) is 12.1 Å². The molecule has 4 nitrogen and oxygen atoms in total. The molecule has 0 aliphatic heterocycles. The van der Waals surface area contributed by atoms with E-state index in [1.54, 1.807) is 6.20 Å². The molecule has 0 bridgehead atoms. The Bertz CT molecular complexity index is 343. The summed E-state index contributed by atoms with van der Waals surface area (Å²) in [5, 5.41) is 2.76. The Labute approximate surface area is 89.4 Å². The van der Waals surface area contributed by atoms with Crippen LogP contribution in [0.25, 0.3) is 0 Å². The topological polar surface area (TPSA) is 54.9 Å². The van der Waals surface area contributed by atoms with Crippen molar-refractivity contribution in [2.75, 3.05) is 6.54 Å². The molecule has 0 unspecified atom stereocenters. The van der Waals surface area contributed by atoms with E-state index in [-0.39, 0.29) is 5.91 Å². The Morgan fingerprint density at radius 3 is 2.87 bits per heavy atom. The van der Waals surface area contributed by atoms with E-state index in [2.05, 4.69) is 15.3 Å². The molecule has 1 aromatic rings. The standard InChI is InChI=1S/C11H15N3O/c1-3-4-5-6-12-11(15)10-8-13-9(2)7-14-10/h3-4,7-8H,5-6H2,1-2H3,(H,12,15)/b4-3+. The van der Waals surface area contributed by atoms with Crippen molar-refractivity contribution in [3.05, 3.63) is 35.9 Å². The summed E-state index contributed by atoms with van der Waals surface area (Å²) in [6.45, 7) is 4.41. The highest BCUT2D eigenvalue weighted by atomic mass is 16.1. The summed E-state index contributed by atoms with van der Waals surface area (Å²) >= 11 is 0. The van der Waals surface area contributed by atoms with Crippen molar-refractivity contribution in [2.45, 2.75) is 20.3 Å². The Balaban J connectivity index is 2.43. The summed E-state index contributed by atoms with van der Waals surface area (Å²) in [4.78, 5) is 19.5. The van der Waals surface area contributed by atoms with E-state index in [0.29, 0.717) is 12.2 Å². The van der Waals surface area contributed by atoms with Crippen molar-refractivity contribution in [3.8, 4) is 0 Å². The predicted molar refractivity (Wildman–Crippen MR) is 58.5 cm³/mol. The largest absolute Gasteiger partial charge is 0.350 e. The van der Waals surface area contributed by atoms with Crippen molar-refractivity contribution in [1.29, 1.82) is 0 Å². The lowest BCUT2D eigenvalue weighted by Gasteiger charge is -2.02. The molecule has 0 saturated heterocycles. The van der Waals surface area contributed by atoms with Gasteiger partial charge in [-0.15, -0.1) is 0 Å². The van der Waals surface area contributed by atoms with Crippen LogP contribution in [-0.4, -0.2) is 22.4 Å². The summed E-state index contributed by atoms with van der Waals surface area (Å²) in [5.74, 6) is -0.174. The third kappa shape index (κ3) is 3.89. The van der Waals surface area contributed by atoms with Crippen LogP contribution in [0, 0.1) is 6.92 Å². The molecule has 1 heterocycles. The Morgan fingerprint density at radius 2 is 2.27 bits per heavy atom. The highest BCUT2D eigenvalue weighted by Gasteiger charge is 2.05. The molecule has 0 aliphatic rings. The second kappa shape index (κ2) is 5.90. The molecule has 15 heavy (non-hydrogen) atoms. The molecule has 0 aromatic carbocycles. The summed E-state index contributed by atoms with van der Waals surface area (Å²) in [5.41, 5.74) is 1.17. The van der Waals surface area contributed by atoms with Crippen molar-refractivity contribution in [1.82, 2.24) is 15.3 Å². The average molecular weight is 205 g/mol. The highest BCUT2D eigenvalue weighted by molar-refractivity contribution is 5.91. The number of amides is 1. The van der Waals surface area contributed by atoms with Gasteiger partial charge in [0.2, 0.25) is 0 Å². The van der Waals surface area contributed by atoms with Crippen molar-refractivity contribution in [3.63, 3.8) is 0 Å². The van der Waals surface area contributed by atoms with Gasteiger partial charge in [-0.3, -0.25) is 9.78 Å². The van der Waals surface area contributed by atoms with E-state index in [9.17, 15) is 4.79 Å². The zero-order valence-corrected chi connectivity index (χ0v) is 9.03. The minimum absolute atomic E-state index is 0.174. The average Bonchev–Trinajstić information content (AvgIpc) is 2.25. The number of hydrogen-bond acceptors (Lipinski definition) is 3. The minimum atomic E-state index is -0.174. The first-order valence-corrected chi connectivity index (χ1v) is 4.92. The lowest BCUT2D eigenvalue weighted by Crippen LogP contribution is -2.25. The molecule has 0 spiro atoms. The number of carbonyl (C=O) groups is 1. The molecule has 4 heteroatoms. The SMILES string of the molecule is C/C=C/CCNC(=O)c1cnc(C)cn1. The fraction of sp³-hybridized carbons (Fsp3) is 0.364. The number of carbonyl (C=O) groups excluding carboxylic acids is 1. The van der Waals surface area contributed by atoms with E-state index in [1.165, 1.54) is 6.20 Å². The molecule has 80 valence electrons. The van der Waals surface area contributed by atoms with Gasteiger partial charge in [-0.25, -0.2) is 4.98 Å². The van der Waals surface area contributed by atoms with Crippen LogP contribution in [-0.2, 0) is 0 Å². The van der Waals surface area contributed by atoms with Gasteiger partial charge >= 0.3 is 0 Å². The third-order valence-electron chi connectivity index (χ3n) is 1.85. The van der Waals surface area contributed by atoms with Crippen LogP contribution < -0.4 is 5.32 Å². The van der Waals surface area contributed by atoms with Crippen molar-refractivity contribution in [2.24, 2.45) is 0 Å². The van der Waals surface area contributed by atoms with Crippen LogP contribution in [0.15, 0.2) is 24.5 Å². The molecule has 0 fully saturated rings. The Hall–Kier alpha value is -1.71. The van der Waals surface area contributed by atoms with Gasteiger partial charge in [0.05, 0.1) is 11.9 Å². The molecule has 0 saturated carbocycles. The van der Waals surface area contributed by atoms with Gasteiger partial charge in [0.25, 0.3) is 5.91 Å². The molecule has 0 radical (unpaired) electrons. The monoisotopic (exact) mass is 205 g/mol. The molecule has 0 aliphatic carbocycles. The molecule has 1 amide bonds. The van der Waals surface area contributed by atoms with Crippen LogP contribution >= 0.6 is 0 Å². The number of nitrogens with one attached hydrogen (secondary N) is 1. The molecule has 0 atom stereocenters. The van der Waals surface area contributed by atoms with Gasteiger partial charge in [0, 0.05) is 12.7 Å². The first-order chi connectivity index (χ1) is 7.24. The van der Waals surface area contributed by atoms with Crippen molar-refractivity contribution >= 4 is 5.91 Å². The molecule has 1 aromatic heterocycles. The van der Waals surface area contributed by atoms with E-state index in [4.69, 9.17) is 0 Å². The minimum Gasteiger partial charge on any atom is -0.350 e. The van der Waals surface area contributed by atoms with Crippen LogP contribution in [0.2, 0.25) is 0 Å². The molecule has 1 N–H and O–H groups in total. The van der Waals surface area contributed by atoms with Gasteiger partial charge in [-0.1, -0.05) is 12.2 Å². The maximum absolute atomic E-state index is 11.5. The number of allylic oxidation sites excluding steroid dienone is 1. The summed E-state index contributed by atoms with van der Waals surface area (Å²) in [7, 11) is 0. The van der Waals surface area contributed by atoms with Gasteiger partial charge in [-0.05, 0) is 20.3 Å². The zero-order valence-electron chi connectivity index (χ0n) is 9.03. The normalized spacial score (nSPS) is 10.5. The van der Waals surface area contributed by atoms with Crippen molar-refractivity contribution < 1.29 is 4.79 Å². The highest BCUT2D eigenvalue weighted by Crippen LogP contribution is 1.93. The lowest BCUT2D eigenvalue weighted by atomic mass is 10.3. The third-order valence-corrected chi connectivity index (χ3v) is 1.85. The maximum atomic E-state index is 11.5. The van der Waals surface area contributed by atoms with E-state index in [1.807, 2.05) is 26.0 Å². The van der Waals surface area contributed by atoms with Gasteiger partial charge in [-0.2, -0.15) is 0 Å². The van der Waals surface area contributed by atoms with Gasteiger partial charge in [0.15, 0.2) is 0 Å². The Morgan fingerprint density at radius 1 is 1.47 bits per heavy atom. The molecular formula is C11H15N3O. The zero-order chi connectivity index (χ0) is 11.1. The van der Waals surface area contributed by atoms with Crippen LogP contribution in [0.4, 0.5) is 0 Å². The fourth-order valence-electron chi connectivity index (χ4n) is 1.04. The Kier molecular flexibility index (Phi) is 4.47. The first-order valence-electron chi connectivity index (χ1n) is 4.92. The number of aryl methyl sites for hydroxylation is 1. The lowest BCUT2D eigenvalue weighted by molar-refractivity contribution is 0.0949. The second-order valence-corrected chi connectivity index (χ2v) is 3.16. The van der Waals surface area contributed by atoms with Gasteiger partial charge < -0.3 is 5.32 Å². The van der Waals surface area contributed by atoms with E-state index >= 15 is 0 Å². The number of rotatable bonds is 4. The second-order valence-electron chi connectivity index (χ2n) is 3.16. The molecular weight excluding hydrogens is 190 g/mol. The number of aromatic nitrogens is 2. The van der Waals surface area contributed by atoms with Crippen LogP contribution in [0.3, 0.4) is 0 Å². The van der Waals surface area contributed by atoms with Crippen LogP contribution in [0.1, 0.15) is 29.5 Å². The van der Waals surface area contributed by atoms with E-state index < -0.39 is 0 Å². The summed E-state index contributed by atoms with van der Waals surface area (Å²) in [6, 6.07) is 0. The summed E-state index contributed by atoms with van der Waals surface area (Å²) < 4.78 is 0. The smallest absolute Gasteiger partial charge is 0.271 e. The number of nitrogens with zero attached hydrogens (tertiary/aromatic N) is 2. The number of hydrogen-bond donors (Lipinski definition) is 1.